The summed E-state index contributed by atoms with van der Waals surface area (Å²) in [6.45, 7) is 5.03. The highest BCUT2D eigenvalue weighted by atomic mass is 19.1. The number of hydrogen-bond donors (Lipinski definition) is 1. The molecule has 1 fully saturated rings. The first-order valence-corrected chi connectivity index (χ1v) is 6.99. The molecule has 0 saturated carbocycles. The topological polar surface area (TPSA) is 67.1 Å². The van der Waals surface area contributed by atoms with Gasteiger partial charge in [0.15, 0.2) is 0 Å². The molecule has 3 rings (SSSR count). The van der Waals surface area contributed by atoms with Gasteiger partial charge >= 0.3 is 0 Å². The summed E-state index contributed by atoms with van der Waals surface area (Å²) in [5.41, 5.74) is -0.468. The lowest BCUT2D eigenvalue weighted by Crippen LogP contribution is -2.31. The molecule has 1 N–H and O–H groups in total. The first-order chi connectivity index (χ1) is 9.98. The van der Waals surface area contributed by atoms with Crippen LogP contribution in [0.5, 0.6) is 0 Å². The van der Waals surface area contributed by atoms with Crippen molar-refractivity contribution in [3.63, 3.8) is 0 Å². The zero-order valence-electron chi connectivity index (χ0n) is 12.1. The van der Waals surface area contributed by atoms with E-state index in [1.165, 1.54) is 12.3 Å². The van der Waals surface area contributed by atoms with Gasteiger partial charge in [0.1, 0.15) is 22.9 Å². The maximum Gasteiger partial charge on any atom is 0.141 e. The van der Waals surface area contributed by atoms with Gasteiger partial charge in [0, 0.05) is 19.0 Å². The van der Waals surface area contributed by atoms with Crippen molar-refractivity contribution in [2.24, 2.45) is 0 Å². The molecule has 0 radical (unpaired) electrons. The molecule has 0 aromatic carbocycles. The van der Waals surface area contributed by atoms with Crippen LogP contribution >= 0.6 is 0 Å². The number of anilines is 1. The van der Waals surface area contributed by atoms with Crippen LogP contribution in [0.15, 0.2) is 24.5 Å². The molecular formula is C14H18FN5O. The minimum absolute atomic E-state index is 0.200. The molecule has 21 heavy (non-hydrogen) atoms. The van der Waals surface area contributed by atoms with Crippen LogP contribution in [0, 0.1) is 5.82 Å². The zero-order chi connectivity index (χ0) is 15.0. The Morgan fingerprint density at radius 2 is 2.19 bits per heavy atom. The quantitative estimate of drug-likeness (QED) is 0.928. The number of aliphatic hydroxyl groups is 1. The molecule has 7 heteroatoms. The van der Waals surface area contributed by atoms with Crippen molar-refractivity contribution in [1.29, 1.82) is 0 Å². The summed E-state index contributed by atoms with van der Waals surface area (Å²) in [6, 6.07) is 3.19. The molecule has 0 spiro atoms. The average molecular weight is 291 g/mol. The lowest BCUT2D eigenvalue weighted by molar-refractivity contribution is 0.0559. The maximum absolute atomic E-state index is 12.9. The number of hydrogen-bond acceptors (Lipinski definition) is 5. The van der Waals surface area contributed by atoms with Crippen molar-refractivity contribution in [1.82, 2.24) is 20.0 Å². The summed E-state index contributed by atoms with van der Waals surface area (Å²) < 4.78 is 14.6. The standard InChI is InChI=1S/C14H18FN5O/c1-10(2)20-8-12(17-18-20)14(21)5-6-19(9-14)13-4-3-11(15)7-16-13/h3-4,7-8,10,21H,5-6,9H2,1-2H3/t14-/m1/s1. The van der Waals surface area contributed by atoms with Crippen LogP contribution in [0.4, 0.5) is 10.2 Å². The van der Waals surface area contributed by atoms with Gasteiger partial charge in [-0.2, -0.15) is 0 Å². The van der Waals surface area contributed by atoms with E-state index < -0.39 is 5.60 Å². The van der Waals surface area contributed by atoms with Crippen molar-refractivity contribution in [3.05, 3.63) is 36.0 Å². The Labute approximate surface area is 122 Å². The summed E-state index contributed by atoms with van der Waals surface area (Å²) in [7, 11) is 0. The molecule has 6 nitrogen and oxygen atoms in total. The number of pyridine rings is 1. The molecule has 112 valence electrons. The van der Waals surface area contributed by atoms with E-state index in [1.807, 2.05) is 18.7 Å². The largest absolute Gasteiger partial charge is 0.381 e. The van der Waals surface area contributed by atoms with E-state index in [4.69, 9.17) is 0 Å². The second-order valence-corrected chi connectivity index (χ2v) is 5.72. The fourth-order valence-corrected chi connectivity index (χ4v) is 2.50. The van der Waals surface area contributed by atoms with Crippen LogP contribution in [-0.4, -0.2) is 38.2 Å². The van der Waals surface area contributed by atoms with Gasteiger partial charge in [-0.1, -0.05) is 5.21 Å². The molecular weight excluding hydrogens is 273 g/mol. The van der Waals surface area contributed by atoms with Crippen LogP contribution in [0.3, 0.4) is 0 Å². The first kappa shape index (κ1) is 13.9. The molecule has 0 amide bonds. The minimum Gasteiger partial charge on any atom is -0.381 e. The molecule has 1 atom stereocenters. The van der Waals surface area contributed by atoms with Gasteiger partial charge in [-0.25, -0.2) is 14.1 Å². The predicted molar refractivity (Wildman–Crippen MR) is 75.3 cm³/mol. The van der Waals surface area contributed by atoms with Crippen molar-refractivity contribution in [3.8, 4) is 0 Å². The maximum atomic E-state index is 12.9. The smallest absolute Gasteiger partial charge is 0.141 e. The molecule has 0 aliphatic carbocycles. The molecule has 1 saturated heterocycles. The van der Waals surface area contributed by atoms with E-state index >= 15 is 0 Å². The first-order valence-electron chi connectivity index (χ1n) is 6.99. The summed E-state index contributed by atoms with van der Waals surface area (Å²) in [4.78, 5) is 5.98. The van der Waals surface area contributed by atoms with E-state index in [0.717, 1.165) is 0 Å². The van der Waals surface area contributed by atoms with E-state index in [1.54, 1.807) is 16.9 Å². The number of β-amino-alcohol motifs (C(OH)–C–C–N with tert-alkyl or cyclic N) is 1. The monoisotopic (exact) mass is 291 g/mol. The molecule has 2 aromatic heterocycles. The summed E-state index contributed by atoms with van der Waals surface area (Å²) in [5, 5.41) is 18.9. The third-order valence-corrected chi connectivity index (χ3v) is 3.80. The van der Waals surface area contributed by atoms with Gasteiger partial charge < -0.3 is 10.0 Å². The zero-order valence-corrected chi connectivity index (χ0v) is 12.1. The fourth-order valence-electron chi connectivity index (χ4n) is 2.50. The summed E-state index contributed by atoms with van der Waals surface area (Å²) in [5.74, 6) is 0.289. The lowest BCUT2D eigenvalue weighted by Gasteiger charge is -2.21. The van der Waals surface area contributed by atoms with Gasteiger partial charge in [-0.3, -0.25) is 0 Å². The van der Waals surface area contributed by atoms with Crippen LogP contribution < -0.4 is 4.90 Å². The van der Waals surface area contributed by atoms with Crippen LogP contribution in [0.25, 0.3) is 0 Å². The number of rotatable bonds is 3. The van der Waals surface area contributed by atoms with Gasteiger partial charge in [0.2, 0.25) is 0 Å². The number of aromatic nitrogens is 4. The summed E-state index contributed by atoms with van der Waals surface area (Å²) in [6.07, 6.45) is 3.51. The molecule has 1 aliphatic heterocycles. The van der Waals surface area contributed by atoms with E-state index in [-0.39, 0.29) is 11.9 Å². The van der Waals surface area contributed by atoms with Crippen molar-refractivity contribution < 1.29 is 9.50 Å². The Balaban J connectivity index is 1.79. The average Bonchev–Trinajstić information content (AvgIpc) is 3.07. The molecule has 2 aromatic rings. The van der Waals surface area contributed by atoms with Gasteiger partial charge in [-0.15, -0.1) is 5.10 Å². The van der Waals surface area contributed by atoms with E-state index in [9.17, 15) is 9.50 Å². The van der Waals surface area contributed by atoms with Crippen LogP contribution in [0.2, 0.25) is 0 Å². The molecule has 0 unspecified atom stereocenters. The number of halogens is 1. The molecule has 3 heterocycles. The van der Waals surface area contributed by atoms with Crippen molar-refractivity contribution in [2.45, 2.75) is 31.9 Å². The van der Waals surface area contributed by atoms with Crippen molar-refractivity contribution in [2.75, 3.05) is 18.0 Å². The second kappa shape index (κ2) is 5.07. The van der Waals surface area contributed by atoms with Crippen molar-refractivity contribution >= 4 is 5.82 Å². The fraction of sp³-hybridized carbons (Fsp3) is 0.500. The Bertz CT molecular complexity index is 627. The predicted octanol–water partition coefficient (Wildman–Crippen LogP) is 1.49. The second-order valence-electron chi connectivity index (χ2n) is 5.72. The van der Waals surface area contributed by atoms with Gasteiger partial charge in [0.25, 0.3) is 0 Å². The van der Waals surface area contributed by atoms with Crippen LogP contribution in [0.1, 0.15) is 32.0 Å². The Hall–Kier alpha value is -2.02. The Kier molecular flexibility index (Phi) is 3.36. The normalized spacial score (nSPS) is 22.2. The highest BCUT2D eigenvalue weighted by Gasteiger charge is 2.40. The third kappa shape index (κ3) is 2.61. The van der Waals surface area contributed by atoms with Crippen LogP contribution in [-0.2, 0) is 5.60 Å². The minimum atomic E-state index is -1.04. The highest BCUT2D eigenvalue weighted by molar-refractivity contribution is 5.41. The van der Waals surface area contributed by atoms with E-state index in [0.29, 0.717) is 31.0 Å². The summed E-state index contributed by atoms with van der Waals surface area (Å²) >= 11 is 0. The van der Waals surface area contributed by atoms with Gasteiger partial charge in [-0.05, 0) is 26.0 Å². The lowest BCUT2D eigenvalue weighted by atomic mass is 10.00. The molecule has 0 bridgehead atoms. The highest BCUT2D eigenvalue weighted by Crippen LogP contribution is 2.32. The number of nitrogens with zero attached hydrogens (tertiary/aromatic N) is 5. The van der Waals surface area contributed by atoms with Gasteiger partial charge in [0.05, 0.1) is 18.9 Å². The van der Waals surface area contributed by atoms with E-state index in [2.05, 4.69) is 15.3 Å². The third-order valence-electron chi connectivity index (χ3n) is 3.80. The Morgan fingerprint density at radius 1 is 1.38 bits per heavy atom. The molecule has 1 aliphatic rings. The SMILES string of the molecule is CC(C)n1cc([C@@]2(O)CCN(c3ccc(F)cn3)C2)nn1. The Morgan fingerprint density at radius 3 is 2.81 bits per heavy atom.